The largest absolute Gasteiger partial charge is 0.303 e. The highest BCUT2D eigenvalue weighted by molar-refractivity contribution is 5.56. The van der Waals surface area contributed by atoms with Gasteiger partial charge in [0.25, 0.3) is 0 Å². The molecule has 0 amide bonds. The summed E-state index contributed by atoms with van der Waals surface area (Å²) in [5.41, 5.74) is 2.43. The smallest absolute Gasteiger partial charge is 0.124 e. The first kappa shape index (κ1) is 7.99. The lowest BCUT2D eigenvalue weighted by molar-refractivity contribution is -0.107. The van der Waals surface area contributed by atoms with Gasteiger partial charge in [0.15, 0.2) is 0 Å². The first-order chi connectivity index (χ1) is 5.33. The Labute approximate surface area is 67.1 Å². The molecule has 1 nitrogen and oxygen atoms in total. The predicted molar refractivity (Wildman–Crippen MR) is 46.3 cm³/mol. The van der Waals surface area contributed by atoms with Crippen LogP contribution in [0.2, 0.25) is 0 Å². The number of aldehydes is 1. The zero-order chi connectivity index (χ0) is 8.10. The molecule has 1 heteroatoms. The van der Waals surface area contributed by atoms with Crippen molar-refractivity contribution in [1.82, 2.24) is 0 Å². The first-order valence-corrected chi connectivity index (χ1v) is 3.79. The molecule has 0 unspecified atom stereocenters. The summed E-state index contributed by atoms with van der Waals surface area (Å²) in [5, 5.41) is 0. The van der Waals surface area contributed by atoms with Gasteiger partial charge in [-0.05, 0) is 18.9 Å². The van der Waals surface area contributed by atoms with Crippen molar-refractivity contribution in [3.05, 3.63) is 35.5 Å². The highest BCUT2D eigenvalue weighted by atomic mass is 16.1. The van der Waals surface area contributed by atoms with Crippen LogP contribution in [-0.2, 0) is 4.79 Å². The maximum atomic E-state index is 10.2. The highest BCUT2D eigenvalue weighted by Crippen LogP contribution is 2.11. The molecule has 0 radical (unpaired) electrons. The molecular weight excluding hydrogens is 136 g/mol. The molecule has 11 heavy (non-hydrogen) atoms. The molecule has 0 heterocycles. The minimum absolute atomic E-state index is 0.528. The molecule has 0 fully saturated rings. The van der Waals surface area contributed by atoms with Crippen LogP contribution in [0, 0.1) is 0 Å². The molecule has 0 saturated carbocycles. The minimum atomic E-state index is 0.528. The van der Waals surface area contributed by atoms with Crippen molar-refractivity contribution in [3.8, 4) is 0 Å². The predicted octanol–water partition coefficient (Wildman–Crippen LogP) is 2.41. The van der Waals surface area contributed by atoms with Crippen LogP contribution in [0.4, 0.5) is 0 Å². The number of hydrogen-bond donors (Lipinski definition) is 0. The maximum absolute atomic E-state index is 10.2. The second-order valence-corrected chi connectivity index (χ2v) is 2.73. The van der Waals surface area contributed by atoms with E-state index in [1.165, 1.54) is 5.57 Å². The fraction of sp³-hybridized carbons (Fsp3) is 0.300. The zero-order valence-corrected chi connectivity index (χ0v) is 6.71. The highest BCUT2D eigenvalue weighted by Gasteiger charge is 1.93. The minimum Gasteiger partial charge on any atom is -0.303 e. The summed E-state index contributed by atoms with van der Waals surface area (Å²) in [6.45, 7) is 2.09. The van der Waals surface area contributed by atoms with Gasteiger partial charge in [-0.15, -0.1) is 0 Å². The second kappa shape index (κ2) is 3.91. The molecule has 1 rings (SSSR count). The molecule has 0 saturated heterocycles. The second-order valence-electron chi connectivity index (χ2n) is 2.73. The molecule has 0 aliphatic heterocycles. The average Bonchev–Trinajstić information content (AvgIpc) is 2.17. The topological polar surface area (TPSA) is 17.1 Å². The van der Waals surface area contributed by atoms with Crippen LogP contribution < -0.4 is 0 Å². The van der Waals surface area contributed by atoms with Crippen molar-refractivity contribution in [2.45, 2.75) is 19.8 Å². The van der Waals surface area contributed by atoms with Gasteiger partial charge in [-0.25, -0.2) is 0 Å². The summed E-state index contributed by atoms with van der Waals surface area (Å²) in [5.74, 6) is 0. The van der Waals surface area contributed by atoms with E-state index in [0.717, 1.165) is 18.3 Å². The number of carbonyl (C=O) groups is 1. The van der Waals surface area contributed by atoms with Crippen molar-refractivity contribution in [2.75, 3.05) is 0 Å². The third-order valence-corrected chi connectivity index (χ3v) is 1.67. The van der Waals surface area contributed by atoms with Gasteiger partial charge in [-0.2, -0.15) is 0 Å². The molecule has 0 atom stereocenters. The Morgan fingerprint density at radius 3 is 3.09 bits per heavy atom. The lowest BCUT2D eigenvalue weighted by Crippen LogP contribution is -1.77. The molecule has 1 aliphatic carbocycles. The van der Waals surface area contributed by atoms with Crippen molar-refractivity contribution < 1.29 is 4.79 Å². The van der Waals surface area contributed by atoms with Crippen LogP contribution in [0.25, 0.3) is 0 Å². The molecule has 1 aliphatic rings. The van der Waals surface area contributed by atoms with Gasteiger partial charge in [0, 0.05) is 6.42 Å². The van der Waals surface area contributed by atoms with E-state index in [1.54, 1.807) is 0 Å². The van der Waals surface area contributed by atoms with E-state index >= 15 is 0 Å². The summed E-state index contributed by atoms with van der Waals surface area (Å²) in [6, 6.07) is 0. The Balaban J connectivity index is 2.72. The monoisotopic (exact) mass is 148 g/mol. The average molecular weight is 148 g/mol. The van der Waals surface area contributed by atoms with Gasteiger partial charge in [-0.3, -0.25) is 0 Å². The summed E-state index contributed by atoms with van der Waals surface area (Å²) < 4.78 is 0. The van der Waals surface area contributed by atoms with Crippen LogP contribution >= 0.6 is 0 Å². The van der Waals surface area contributed by atoms with E-state index in [9.17, 15) is 4.79 Å². The van der Waals surface area contributed by atoms with E-state index < -0.39 is 0 Å². The van der Waals surface area contributed by atoms with Crippen molar-refractivity contribution in [2.24, 2.45) is 0 Å². The lowest BCUT2D eigenvalue weighted by Gasteiger charge is -1.89. The third kappa shape index (κ3) is 2.54. The van der Waals surface area contributed by atoms with E-state index in [-0.39, 0.29) is 0 Å². The van der Waals surface area contributed by atoms with Gasteiger partial charge >= 0.3 is 0 Å². The Kier molecular flexibility index (Phi) is 2.84. The summed E-state index contributed by atoms with van der Waals surface area (Å²) in [6.07, 6.45) is 10.6. The van der Waals surface area contributed by atoms with E-state index in [0.29, 0.717) is 6.42 Å². The SMILES string of the molecule is CC1=CC=C(CC=O)C=CC1. The van der Waals surface area contributed by atoms with Gasteiger partial charge in [-0.1, -0.05) is 29.9 Å². The number of rotatable bonds is 2. The van der Waals surface area contributed by atoms with Crippen LogP contribution in [0.1, 0.15) is 19.8 Å². The Hall–Kier alpha value is -1.11. The van der Waals surface area contributed by atoms with E-state index in [4.69, 9.17) is 0 Å². The van der Waals surface area contributed by atoms with E-state index in [1.807, 2.05) is 12.2 Å². The number of allylic oxidation sites excluding steroid dienone is 6. The summed E-state index contributed by atoms with van der Waals surface area (Å²) >= 11 is 0. The molecule has 0 aromatic carbocycles. The fourth-order valence-corrected chi connectivity index (χ4v) is 1.00. The summed E-state index contributed by atoms with van der Waals surface area (Å²) in [4.78, 5) is 10.2. The van der Waals surface area contributed by atoms with Gasteiger partial charge in [0.05, 0.1) is 0 Å². The Morgan fingerprint density at radius 1 is 1.55 bits per heavy atom. The molecule has 0 aromatic rings. The van der Waals surface area contributed by atoms with Gasteiger partial charge in [0.1, 0.15) is 6.29 Å². The van der Waals surface area contributed by atoms with Gasteiger partial charge in [0.2, 0.25) is 0 Å². The zero-order valence-electron chi connectivity index (χ0n) is 6.71. The van der Waals surface area contributed by atoms with Gasteiger partial charge < -0.3 is 4.79 Å². The Morgan fingerprint density at radius 2 is 2.36 bits per heavy atom. The lowest BCUT2D eigenvalue weighted by atomic mass is 10.2. The Bertz CT molecular complexity index is 231. The normalized spacial score (nSPS) is 16.8. The molecule has 0 N–H and O–H groups in total. The molecule has 0 bridgehead atoms. The molecular formula is C10H12O. The van der Waals surface area contributed by atoms with Crippen LogP contribution in [0.15, 0.2) is 35.5 Å². The van der Waals surface area contributed by atoms with Crippen molar-refractivity contribution in [1.29, 1.82) is 0 Å². The van der Waals surface area contributed by atoms with Crippen molar-refractivity contribution in [3.63, 3.8) is 0 Å². The van der Waals surface area contributed by atoms with Crippen LogP contribution in [0.5, 0.6) is 0 Å². The molecule has 58 valence electrons. The third-order valence-electron chi connectivity index (χ3n) is 1.67. The molecule has 0 spiro atoms. The number of hydrogen-bond acceptors (Lipinski definition) is 1. The number of carbonyl (C=O) groups excluding carboxylic acids is 1. The quantitative estimate of drug-likeness (QED) is 0.549. The van der Waals surface area contributed by atoms with Crippen LogP contribution in [0.3, 0.4) is 0 Å². The molecule has 0 aromatic heterocycles. The standard InChI is InChI=1S/C10H12O/c1-9-3-2-4-10(6-5-9)7-8-11/h2,4-6,8H,3,7H2,1H3. The van der Waals surface area contributed by atoms with Crippen molar-refractivity contribution >= 4 is 6.29 Å². The van der Waals surface area contributed by atoms with E-state index in [2.05, 4.69) is 19.1 Å². The summed E-state index contributed by atoms with van der Waals surface area (Å²) in [7, 11) is 0. The maximum Gasteiger partial charge on any atom is 0.124 e. The van der Waals surface area contributed by atoms with Crippen LogP contribution in [-0.4, -0.2) is 6.29 Å². The first-order valence-electron chi connectivity index (χ1n) is 3.79. The fourth-order valence-electron chi connectivity index (χ4n) is 1.00.